The summed E-state index contributed by atoms with van der Waals surface area (Å²) in [5, 5.41) is 8.06. The van der Waals surface area contributed by atoms with Gasteiger partial charge in [0.1, 0.15) is 0 Å². The van der Waals surface area contributed by atoms with Crippen LogP contribution in [0.4, 0.5) is 0 Å². The summed E-state index contributed by atoms with van der Waals surface area (Å²) >= 11 is 0. The molecule has 1 N–H and O–H groups in total. The highest BCUT2D eigenvalue weighted by Gasteiger charge is 2.04. The molecule has 0 spiro atoms. The molecule has 0 bridgehead atoms. The molecule has 2 rings (SSSR count). The van der Waals surface area contributed by atoms with Gasteiger partial charge in [-0.05, 0) is 36.5 Å². The zero-order chi connectivity index (χ0) is 15.2. The normalized spacial score (nSPS) is 12.8. The van der Waals surface area contributed by atoms with E-state index in [0.717, 1.165) is 25.2 Å². The lowest BCUT2D eigenvalue weighted by atomic mass is 10.0. The van der Waals surface area contributed by atoms with Gasteiger partial charge in [-0.1, -0.05) is 45.0 Å². The minimum Gasteiger partial charge on any atom is -0.307 e. The van der Waals surface area contributed by atoms with E-state index < -0.39 is 0 Å². The highest BCUT2D eigenvalue weighted by atomic mass is 15.3. The monoisotopic (exact) mass is 285 g/mol. The van der Waals surface area contributed by atoms with Gasteiger partial charge < -0.3 is 5.32 Å². The predicted molar refractivity (Wildman–Crippen MR) is 88.3 cm³/mol. The Bertz CT molecular complexity index is 540. The minimum absolute atomic E-state index is 0.474. The third-order valence-corrected chi connectivity index (χ3v) is 3.99. The van der Waals surface area contributed by atoms with Crippen molar-refractivity contribution in [3.05, 3.63) is 53.3 Å². The topological polar surface area (TPSA) is 29.9 Å². The molecule has 0 aliphatic rings. The molecule has 0 amide bonds. The van der Waals surface area contributed by atoms with E-state index in [1.807, 2.05) is 0 Å². The predicted octanol–water partition coefficient (Wildman–Crippen LogP) is 4.27. The van der Waals surface area contributed by atoms with Gasteiger partial charge in [-0.25, -0.2) is 0 Å². The average Bonchev–Trinajstić information content (AvgIpc) is 2.96. The van der Waals surface area contributed by atoms with Crippen LogP contribution in [0.3, 0.4) is 0 Å². The average molecular weight is 285 g/mol. The van der Waals surface area contributed by atoms with Crippen molar-refractivity contribution in [3.63, 3.8) is 0 Å². The fraction of sp³-hybridized carbons (Fsp3) is 0.500. The smallest absolute Gasteiger partial charge is 0.0762 e. The van der Waals surface area contributed by atoms with Crippen LogP contribution in [0.5, 0.6) is 0 Å². The van der Waals surface area contributed by atoms with Crippen LogP contribution in [-0.2, 0) is 13.1 Å². The first-order valence-electron chi connectivity index (χ1n) is 7.93. The second-order valence-electron chi connectivity index (χ2n) is 6.04. The minimum atomic E-state index is 0.474. The maximum absolute atomic E-state index is 4.60. The van der Waals surface area contributed by atoms with Gasteiger partial charge in [-0.3, -0.25) is 4.68 Å². The van der Waals surface area contributed by atoms with Gasteiger partial charge in [0, 0.05) is 25.3 Å². The first-order valence-corrected chi connectivity index (χ1v) is 7.93. The van der Waals surface area contributed by atoms with Gasteiger partial charge in [-0.2, -0.15) is 5.10 Å². The number of benzene rings is 1. The van der Waals surface area contributed by atoms with Crippen molar-refractivity contribution in [2.45, 2.75) is 59.2 Å². The van der Waals surface area contributed by atoms with Crippen LogP contribution < -0.4 is 5.32 Å². The molecule has 0 saturated heterocycles. The van der Waals surface area contributed by atoms with Crippen LogP contribution in [0.25, 0.3) is 0 Å². The van der Waals surface area contributed by atoms with E-state index >= 15 is 0 Å². The Balaban J connectivity index is 1.82. The summed E-state index contributed by atoms with van der Waals surface area (Å²) in [7, 11) is 0. The molecule has 1 unspecified atom stereocenters. The first kappa shape index (κ1) is 15.8. The van der Waals surface area contributed by atoms with Crippen LogP contribution >= 0.6 is 0 Å². The van der Waals surface area contributed by atoms with E-state index in [1.165, 1.54) is 11.1 Å². The van der Waals surface area contributed by atoms with E-state index in [-0.39, 0.29) is 0 Å². The Morgan fingerprint density at radius 3 is 2.38 bits per heavy atom. The number of nitrogens with one attached hydrogen (secondary N) is 1. The van der Waals surface area contributed by atoms with Gasteiger partial charge >= 0.3 is 0 Å². The van der Waals surface area contributed by atoms with Crippen LogP contribution in [-0.4, -0.2) is 9.78 Å². The molecule has 0 saturated carbocycles. The van der Waals surface area contributed by atoms with Crippen molar-refractivity contribution in [1.29, 1.82) is 0 Å². The molecule has 114 valence electrons. The Labute approximate surface area is 128 Å². The van der Waals surface area contributed by atoms with Crippen molar-refractivity contribution < 1.29 is 0 Å². The van der Waals surface area contributed by atoms with E-state index in [4.69, 9.17) is 0 Å². The van der Waals surface area contributed by atoms with E-state index in [9.17, 15) is 0 Å². The number of rotatable bonds is 7. The van der Waals surface area contributed by atoms with Gasteiger partial charge in [0.25, 0.3) is 0 Å². The molecule has 21 heavy (non-hydrogen) atoms. The van der Waals surface area contributed by atoms with Crippen molar-refractivity contribution in [3.8, 4) is 0 Å². The Morgan fingerprint density at radius 1 is 1.05 bits per heavy atom. The maximum atomic E-state index is 4.60. The van der Waals surface area contributed by atoms with Gasteiger partial charge in [0.15, 0.2) is 0 Å². The fourth-order valence-corrected chi connectivity index (χ4v) is 2.26. The standard InChI is InChI=1S/C18H27N3/c1-5-15(4)21-11-10-18(20-21)13-19-12-16-6-8-17(9-7-16)14(2)3/h6-11,14-15,19H,5,12-13H2,1-4H3. The molecular formula is C18H27N3. The second kappa shape index (κ2) is 7.41. The van der Waals surface area contributed by atoms with Gasteiger partial charge in [-0.15, -0.1) is 0 Å². The molecule has 0 radical (unpaired) electrons. The maximum Gasteiger partial charge on any atom is 0.0762 e. The lowest BCUT2D eigenvalue weighted by Crippen LogP contribution is -2.14. The molecule has 0 aliphatic heterocycles. The SMILES string of the molecule is CCC(C)n1ccc(CNCc2ccc(C(C)C)cc2)n1. The summed E-state index contributed by atoms with van der Waals surface area (Å²) < 4.78 is 2.05. The molecule has 3 nitrogen and oxygen atoms in total. The summed E-state index contributed by atoms with van der Waals surface area (Å²) in [6.45, 7) is 10.5. The number of aromatic nitrogens is 2. The van der Waals surface area contributed by atoms with Crippen molar-refractivity contribution in [2.24, 2.45) is 0 Å². The van der Waals surface area contributed by atoms with E-state index in [2.05, 4.69) is 79.3 Å². The molecule has 1 atom stereocenters. The highest BCUT2D eigenvalue weighted by Crippen LogP contribution is 2.14. The van der Waals surface area contributed by atoms with Crippen LogP contribution in [0.2, 0.25) is 0 Å². The molecule has 2 aromatic rings. The molecule has 1 aromatic heterocycles. The molecular weight excluding hydrogens is 258 g/mol. The second-order valence-corrected chi connectivity index (χ2v) is 6.04. The largest absolute Gasteiger partial charge is 0.307 e. The Hall–Kier alpha value is -1.61. The molecule has 1 aromatic carbocycles. The highest BCUT2D eigenvalue weighted by molar-refractivity contribution is 5.24. The lowest BCUT2D eigenvalue weighted by Gasteiger charge is -2.09. The zero-order valence-electron chi connectivity index (χ0n) is 13.6. The van der Waals surface area contributed by atoms with Crippen molar-refractivity contribution in [2.75, 3.05) is 0 Å². The van der Waals surface area contributed by atoms with Crippen LogP contribution in [0.15, 0.2) is 36.5 Å². The van der Waals surface area contributed by atoms with Crippen molar-refractivity contribution in [1.82, 2.24) is 15.1 Å². The first-order chi connectivity index (χ1) is 10.1. The zero-order valence-corrected chi connectivity index (χ0v) is 13.6. The Kier molecular flexibility index (Phi) is 5.57. The molecule has 3 heteroatoms. The summed E-state index contributed by atoms with van der Waals surface area (Å²) in [5.74, 6) is 0.594. The number of hydrogen-bond donors (Lipinski definition) is 1. The fourth-order valence-electron chi connectivity index (χ4n) is 2.26. The number of hydrogen-bond acceptors (Lipinski definition) is 2. The van der Waals surface area contributed by atoms with E-state index in [1.54, 1.807) is 0 Å². The van der Waals surface area contributed by atoms with Crippen LogP contribution in [0.1, 0.15) is 62.9 Å². The van der Waals surface area contributed by atoms with Gasteiger partial charge in [0.2, 0.25) is 0 Å². The molecule has 0 fully saturated rings. The summed E-state index contributed by atoms with van der Waals surface area (Å²) in [5.41, 5.74) is 3.82. The van der Waals surface area contributed by atoms with Crippen molar-refractivity contribution >= 4 is 0 Å². The van der Waals surface area contributed by atoms with Gasteiger partial charge in [0.05, 0.1) is 5.69 Å². The third kappa shape index (κ3) is 4.43. The molecule has 0 aliphatic carbocycles. The summed E-state index contributed by atoms with van der Waals surface area (Å²) in [6, 6.07) is 11.4. The van der Waals surface area contributed by atoms with Crippen LogP contribution in [0, 0.1) is 0 Å². The summed E-state index contributed by atoms with van der Waals surface area (Å²) in [4.78, 5) is 0. The summed E-state index contributed by atoms with van der Waals surface area (Å²) in [6.07, 6.45) is 3.18. The third-order valence-electron chi connectivity index (χ3n) is 3.99. The Morgan fingerprint density at radius 2 is 1.76 bits per heavy atom. The number of nitrogens with zero attached hydrogens (tertiary/aromatic N) is 2. The quantitative estimate of drug-likeness (QED) is 0.823. The molecule has 1 heterocycles. The van der Waals surface area contributed by atoms with E-state index in [0.29, 0.717) is 12.0 Å². The lowest BCUT2D eigenvalue weighted by molar-refractivity contribution is 0.471.